The molecule has 1 atom stereocenters. The van der Waals surface area contributed by atoms with Crippen LogP contribution in [0.5, 0.6) is 0 Å². The minimum absolute atomic E-state index is 0.0418. The normalized spacial score (nSPS) is 20.9. The molecule has 1 aromatic heterocycles. The predicted octanol–water partition coefficient (Wildman–Crippen LogP) is 3.47. The van der Waals surface area contributed by atoms with Crippen LogP contribution in [0.1, 0.15) is 32.3 Å². The van der Waals surface area contributed by atoms with Gasteiger partial charge in [-0.1, -0.05) is 0 Å². The average molecular weight is 389 g/mol. The Hall–Kier alpha value is -2.39. The molecule has 0 bridgehead atoms. The summed E-state index contributed by atoms with van der Waals surface area (Å²) in [5, 5.41) is 0. The number of halogens is 3. The number of aryl methyl sites for hydroxylation is 1. The van der Waals surface area contributed by atoms with Crippen molar-refractivity contribution in [3.8, 4) is 0 Å². The Kier molecular flexibility index (Phi) is 4.55. The molecule has 150 valence electrons. The second-order valence-corrected chi connectivity index (χ2v) is 7.74. The predicted molar refractivity (Wildman–Crippen MR) is 89.5 cm³/mol. The van der Waals surface area contributed by atoms with Crippen LogP contribution < -0.4 is 4.90 Å². The summed E-state index contributed by atoms with van der Waals surface area (Å²) in [5.41, 5.74) is -0.940. The molecule has 27 heavy (non-hydrogen) atoms. The lowest BCUT2D eigenvalue weighted by Gasteiger charge is -2.36. The Morgan fingerprint density at radius 2 is 1.89 bits per heavy atom. The number of amides is 3. The van der Waals surface area contributed by atoms with Crippen LogP contribution in [0, 0.1) is 6.92 Å². The molecule has 3 rings (SSSR count). The molecule has 2 saturated heterocycles. The number of carbonyl (C=O) groups is 2. The molecule has 0 N–H and O–H groups in total. The van der Waals surface area contributed by atoms with E-state index < -0.39 is 35.7 Å². The maximum Gasteiger partial charge on any atom is 0.451 e. The summed E-state index contributed by atoms with van der Waals surface area (Å²) in [6.45, 7) is 7.40. The molecule has 3 amide bonds. The van der Waals surface area contributed by atoms with Crippen LogP contribution >= 0.6 is 0 Å². The zero-order valence-electron chi connectivity index (χ0n) is 15.6. The van der Waals surface area contributed by atoms with Gasteiger partial charge >= 0.3 is 18.3 Å². The average Bonchev–Trinajstić information content (AvgIpc) is 3.05. The molecule has 1 unspecified atom stereocenters. The number of furan rings is 1. The standard InChI is InChI=1S/C17H22F3N3O4/c1-10-7-12(13(26-10)17(18,19)20)23-9-11-8-21(5-6-22(11)14(23)24)15(25)27-16(2,3)4/h7,11H,5-6,8-9H2,1-4H3. The molecule has 7 nitrogen and oxygen atoms in total. The Balaban J connectivity index is 1.78. The van der Waals surface area contributed by atoms with Crippen molar-refractivity contribution in [1.82, 2.24) is 9.80 Å². The first kappa shape index (κ1) is 19.4. The van der Waals surface area contributed by atoms with Crippen molar-refractivity contribution in [2.45, 2.75) is 45.5 Å². The van der Waals surface area contributed by atoms with E-state index in [2.05, 4.69) is 0 Å². The number of piperazine rings is 1. The Morgan fingerprint density at radius 3 is 2.48 bits per heavy atom. The lowest BCUT2D eigenvalue weighted by atomic mass is 10.2. The van der Waals surface area contributed by atoms with E-state index in [4.69, 9.17) is 9.15 Å². The number of ether oxygens (including phenoxy) is 1. The first-order chi connectivity index (χ1) is 12.4. The third-order valence-corrected chi connectivity index (χ3v) is 4.39. The van der Waals surface area contributed by atoms with E-state index in [1.54, 1.807) is 20.8 Å². The van der Waals surface area contributed by atoms with Crippen LogP contribution in [0.3, 0.4) is 0 Å². The van der Waals surface area contributed by atoms with E-state index >= 15 is 0 Å². The molecule has 2 aliphatic rings. The highest BCUT2D eigenvalue weighted by Crippen LogP contribution is 2.40. The van der Waals surface area contributed by atoms with Crippen molar-refractivity contribution >= 4 is 17.8 Å². The van der Waals surface area contributed by atoms with Crippen molar-refractivity contribution in [3.63, 3.8) is 0 Å². The highest BCUT2D eigenvalue weighted by atomic mass is 19.4. The summed E-state index contributed by atoms with van der Waals surface area (Å²) >= 11 is 0. The van der Waals surface area contributed by atoms with Crippen LogP contribution in [0.25, 0.3) is 0 Å². The van der Waals surface area contributed by atoms with Crippen LogP contribution in [0.2, 0.25) is 0 Å². The van der Waals surface area contributed by atoms with Crippen LogP contribution in [0.15, 0.2) is 10.5 Å². The number of nitrogens with zero attached hydrogens (tertiary/aromatic N) is 3. The molecule has 0 aliphatic carbocycles. The van der Waals surface area contributed by atoms with Crippen molar-refractivity contribution in [1.29, 1.82) is 0 Å². The molecule has 1 aromatic rings. The zero-order chi connectivity index (χ0) is 20.1. The van der Waals surface area contributed by atoms with E-state index in [1.807, 2.05) is 0 Å². The maximum absolute atomic E-state index is 13.2. The topological polar surface area (TPSA) is 66.2 Å². The Bertz CT molecular complexity index is 754. The van der Waals surface area contributed by atoms with Crippen molar-refractivity contribution < 1.29 is 31.9 Å². The van der Waals surface area contributed by atoms with E-state index in [1.165, 1.54) is 22.8 Å². The summed E-state index contributed by atoms with van der Waals surface area (Å²) in [4.78, 5) is 28.9. The molecular formula is C17H22F3N3O4. The van der Waals surface area contributed by atoms with Gasteiger partial charge in [-0.15, -0.1) is 0 Å². The molecule has 0 aromatic carbocycles. The maximum atomic E-state index is 13.2. The highest BCUT2D eigenvalue weighted by molar-refractivity contribution is 5.95. The summed E-state index contributed by atoms with van der Waals surface area (Å²) in [7, 11) is 0. The third-order valence-electron chi connectivity index (χ3n) is 4.39. The van der Waals surface area contributed by atoms with Gasteiger partial charge < -0.3 is 19.0 Å². The number of hydrogen-bond acceptors (Lipinski definition) is 4. The van der Waals surface area contributed by atoms with Gasteiger partial charge in [-0.25, -0.2) is 9.59 Å². The number of urea groups is 1. The van der Waals surface area contributed by atoms with Gasteiger partial charge in [0.05, 0.1) is 18.3 Å². The Morgan fingerprint density at radius 1 is 1.22 bits per heavy atom. The fraction of sp³-hybridized carbons (Fsp3) is 0.647. The third kappa shape index (κ3) is 3.84. The molecule has 3 heterocycles. The van der Waals surface area contributed by atoms with Gasteiger partial charge in [-0.05, 0) is 27.7 Å². The second-order valence-electron chi connectivity index (χ2n) is 7.74. The fourth-order valence-corrected chi connectivity index (χ4v) is 3.31. The lowest BCUT2D eigenvalue weighted by Crippen LogP contribution is -2.54. The number of carbonyl (C=O) groups excluding carboxylic acids is 2. The highest BCUT2D eigenvalue weighted by Gasteiger charge is 2.47. The van der Waals surface area contributed by atoms with Gasteiger partial charge in [0, 0.05) is 25.7 Å². The number of alkyl halides is 3. The van der Waals surface area contributed by atoms with Gasteiger partial charge in [0.15, 0.2) is 0 Å². The molecular weight excluding hydrogens is 367 g/mol. The van der Waals surface area contributed by atoms with Crippen molar-refractivity contribution in [2.75, 3.05) is 31.1 Å². The minimum atomic E-state index is -4.70. The molecule has 0 spiro atoms. The zero-order valence-corrected chi connectivity index (χ0v) is 15.6. The molecule has 10 heteroatoms. The molecule has 0 radical (unpaired) electrons. The van der Waals surface area contributed by atoms with Gasteiger partial charge in [0.2, 0.25) is 5.76 Å². The fourth-order valence-electron chi connectivity index (χ4n) is 3.31. The number of fused-ring (bicyclic) bond motifs is 1. The van der Waals surface area contributed by atoms with Gasteiger partial charge in [0.1, 0.15) is 11.4 Å². The van der Waals surface area contributed by atoms with E-state index in [9.17, 15) is 22.8 Å². The van der Waals surface area contributed by atoms with E-state index in [-0.39, 0.29) is 37.6 Å². The SMILES string of the molecule is Cc1cc(N2CC3CN(C(=O)OC(C)(C)C)CCN3C2=O)c(C(F)(F)F)o1. The number of rotatable bonds is 1. The number of anilines is 1. The quantitative estimate of drug-likeness (QED) is 0.738. The van der Waals surface area contributed by atoms with Gasteiger partial charge in [-0.3, -0.25) is 4.90 Å². The second kappa shape index (κ2) is 6.35. The lowest BCUT2D eigenvalue weighted by molar-refractivity contribution is -0.152. The Labute approximate surface area is 154 Å². The monoisotopic (exact) mass is 389 g/mol. The summed E-state index contributed by atoms with van der Waals surface area (Å²) in [5.74, 6) is -1.11. The van der Waals surface area contributed by atoms with Gasteiger partial charge in [0.25, 0.3) is 0 Å². The summed E-state index contributed by atoms with van der Waals surface area (Å²) in [6.07, 6.45) is -5.20. The van der Waals surface area contributed by atoms with Crippen LogP contribution in [-0.4, -0.2) is 59.7 Å². The molecule has 0 saturated carbocycles. The van der Waals surface area contributed by atoms with Crippen molar-refractivity contribution in [3.05, 3.63) is 17.6 Å². The first-order valence-corrected chi connectivity index (χ1v) is 8.60. The van der Waals surface area contributed by atoms with Crippen molar-refractivity contribution in [2.24, 2.45) is 0 Å². The first-order valence-electron chi connectivity index (χ1n) is 8.60. The summed E-state index contributed by atoms with van der Waals surface area (Å²) in [6, 6.07) is 0.287. The molecule has 2 aliphatic heterocycles. The van der Waals surface area contributed by atoms with Gasteiger partial charge in [-0.2, -0.15) is 13.2 Å². The van der Waals surface area contributed by atoms with Crippen LogP contribution in [0.4, 0.5) is 28.4 Å². The number of hydrogen-bond donors (Lipinski definition) is 0. The smallest absolute Gasteiger partial charge is 0.451 e. The molecule has 2 fully saturated rings. The largest absolute Gasteiger partial charge is 0.455 e. The minimum Gasteiger partial charge on any atom is -0.455 e. The van der Waals surface area contributed by atoms with E-state index in [0.29, 0.717) is 0 Å². The van der Waals surface area contributed by atoms with Crippen LogP contribution in [-0.2, 0) is 10.9 Å². The van der Waals surface area contributed by atoms with E-state index in [0.717, 1.165) is 4.90 Å². The summed E-state index contributed by atoms with van der Waals surface area (Å²) < 4.78 is 49.8.